The van der Waals surface area contributed by atoms with E-state index in [9.17, 15) is 0 Å². The molecule has 0 atom stereocenters. The average Bonchev–Trinajstić information content (AvgIpc) is 2.47. The molecular weight excluding hydrogens is 274 g/mol. The number of hydrogen-bond donors (Lipinski definition) is 0. The van der Waals surface area contributed by atoms with E-state index in [0.29, 0.717) is 0 Å². The van der Waals surface area contributed by atoms with Gasteiger partial charge in [-0.1, -0.05) is 55.2 Å². The van der Waals surface area contributed by atoms with Crippen molar-refractivity contribution >= 4 is 18.9 Å². The number of benzene rings is 2. The highest BCUT2D eigenvalue weighted by Crippen LogP contribution is 2.21. The molecule has 112 valence electrons. The molecule has 0 bridgehead atoms. The second-order valence-electron chi connectivity index (χ2n) is 6.50. The maximum Gasteiger partial charge on any atom is 0.120 e. The van der Waals surface area contributed by atoms with Crippen LogP contribution in [-0.4, -0.2) is 22.2 Å². The molecule has 0 aliphatic heterocycles. The average molecular weight is 299 g/mol. The van der Waals surface area contributed by atoms with E-state index in [4.69, 9.17) is 4.74 Å². The van der Waals surface area contributed by atoms with Crippen LogP contribution in [0.15, 0.2) is 48.5 Å². The minimum absolute atomic E-state index is 0.897. The molecular formula is C18H25NOSi. The minimum Gasteiger partial charge on any atom is -0.497 e. The van der Waals surface area contributed by atoms with E-state index >= 15 is 0 Å². The molecule has 0 heterocycles. The molecule has 0 aromatic heterocycles. The summed E-state index contributed by atoms with van der Waals surface area (Å²) in [5, 5.41) is 1.51. The first-order valence-electron chi connectivity index (χ1n) is 7.35. The zero-order valence-electron chi connectivity index (χ0n) is 13.7. The quantitative estimate of drug-likeness (QED) is 0.777. The first kappa shape index (κ1) is 15.6. The molecule has 0 amide bonds. The van der Waals surface area contributed by atoms with E-state index in [1.165, 1.54) is 16.4 Å². The number of methoxy groups -OCH3 is 1. The van der Waals surface area contributed by atoms with Crippen LogP contribution in [-0.2, 0) is 6.54 Å². The number of rotatable bonds is 5. The zero-order chi connectivity index (χ0) is 15.5. The third kappa shape index (κ3) is 4.11. The predicted octanol–water partition coefficient (Wildman–Crippen LogP) is 3.88. The minimum atomic E-state index is -1.20. The Labute approximate surface area is 129 Å². The van der Waals surface area contributed by atoms with E-state index in [2.05, 4.69) is 68.0 Å². The fraction of sp³-hybridized carbons (Fsp3) is 0.333. The molecule has 0 radical (unpaired) electrons. The van der Waals surface area contributed by atoms with Gasteiger partial charge in [0, 0.05) is 25.3 Å². The lowest BCUT2D eigenvalue weighted by Gasteiger charge is -2.21. The second-order valence-corrected chi connectivity index (χ2v) is 11.6. The normalized spacial score (nSPS) is 11.3. The van der Waals surface area contributed by atoms with Gasteiger partial charge in [-0.25, -0.2) is 0 Å². The summed E-state index contributed by atoms with van der Waals surface area (Å²) >= 11 is 0. The summed E-state index contributed by atoms with van der Waals surface area (Å²) in [4.78, 5) is 2.24. The lowest BCUT2D eigenvalue weighted by atomic mass is 10.2. The molecule has 2 aromatic carbocycles. The maximum atomic E-state index is 5.29. The van der Waals surface area contributed by atoms with Crippen molar-refractivity contribution in [1.29, 1.82) is 0 Å². The third-order valence-electron chi connectivity index (χ3n) is 3.73. The largest absolute Gasteiger partial charge is 0.497 e. The molecule has 2 aromatic rings. The smallest absolute Gasteiger partial charge is 0.120 e. The van der Waals surface area contributed by atoms with Crippen molar-refractivity contribution in [2.75, 3.05) is 19.1 Å². The van der Waals surface area contributed by atoms with Crippen LogP contribution >= 0.6 is 0 Å². The van der Waals surface area contributed by atoms with E-state index in [0.717, 1.165) is 12.3 Å². The van der Waals surface area contributed by atoms with Crippen LogP contribution in [0.25, 0.3) is 0 Å². The van der Waals surface area contributed by atoms with Gasteiger partial charge in [0.15, 0.2) is 0 Å². The summed E-state index contributed by atoms with van der Waals surface area (Å²) in [6, 6.07) is 17.3. The monoisotopic (exact) mass is 299 g/mol. The van der Waals surface area contributed by atoms with Gasteiger partial charge in [-0.2, -0.15) is 0 Å². The van der Waals surface area contributed by atoms with Crippen molar-refractivity contribution in [2.45, 2.75) is 26.2 Å². The second kappa shape index (κ2) is 6.35. The Bertz CT molecular complexity index is 587. The van der Waals surface area contributed by atoms with Gasteiger partial charge in [-0.3, -0.25) is 0 Å². The van der Waals surface area contributed by atoms with Crippen molar-refractivity contribution < 1.29 is 4.74 Å². The fourth-order valence-corrected chi connectivity index (χ4v) is 3.49. The van der Waals surface area contributed by atoms with E-state index < -0.39 is 8.07 Å². The predicted molar refractivity (Wildman–Crippen MR) is 94.5 cm³/mol. The van der Waals surface area contributed by atoms with Gasteiger partial charge < -0.3 is 9.64 Å². The van der Waals surface area contributed by atoms with Gasteiger partial charge in [-0.15, -0.1) is 0 Å². The maximum absolute atomic E-state index is 5.29. The van der Waals surface area contributed by atoms with E-state index in [1.54, 1.807) is 7.11 Å². The van der Waals surface area contributed by atoms with Crippen molar-refractivity contribution in [3.05, 3.63) is 54.1 Å². The number of hydrogen-bond acceptors (Lipinski definition) is 2. The molecule has 0 N–H and O–H groups in total. The van der Waals surface area contributed by atoms with Gasteiger partial charge in [-0.05, 0) is 17.7 Å². The molecule has 2 rings (SSSR count). The van der Waals surface area contributed by atoms with Crippen LogP contribution < -0.4 is 14.8 Å². The van der Waals surface area contributed by atoms with Gasteiger partial charge in [0.05, 0.1) is 15.2 Å². The molecule has 0 aliphatic rings. The van der Waals surface area contributed by atoms with E-state index in [1.807, 2.05) is 12.1 Å². The Balaban J connectivity index is 2.10. The van der Waals surface area contributed by atoms with Crippen molar-refractivity contribution in [2.24, 2.45) is 0 Å². The highest BCUT2D eigenvalue weighted by atomic mass is 28.3. The Morgan fingerprint density at radius 2 is 1.67 bits per heavy atom. The summed E-state index contributed by atoms with van der Waals surface area (Å²) in [7, 11) is 2.61. The third-order valence-corrected chi connectivity index (χ3v) is 5.80. The highest BCUT2D eigenvalue weighted by molar-refractivity contribution is 6.88. The summed E-state index contributed by atoms with van der Waals surface area (Å²) < 4.78 is 5.29. The lowest BCUT2D eigenvalue weighted by Crippen LogP contribution is -2.37. The Morgan fingerprint density at radius 3 is 2.24 bits per heavy atom. The molecule has 0 fully saturated rings. The van der Waals surface area contributed by atoms with Crippen LogP contribution in [0.2, 0.25) is 19.6 Å². The fourth-order valence-electron chi connectivity index (χ4n) is 2.32. The van der Waals surface area contributed by atoms with Crippen LogP contribution in [0.1, 0.15) is 5.56 Å². The molecule has 0 spiro atoms. The molecule has 0 unspecified atom stereocenters. The van der Waals surface area contributed by atoms with Crippen LogP contribution in [0.3, 0.4) is 0 Å². The van der Waals surface area contributed by atoms with Crippen molar-refractivity contribution in [3.8, 4) is 5.75 Å². The van der Waals surface area contributed by atoms with Gasteiger partial charge in [0.1, 0.15) is 5.75 Å². The van der Waals surface area contributed by atoms with Crippen LogP contribution in [0.4, 0.5) is 5.69 Å². The molecule has 3 heteroatoms. The highest BCUT2D eigenvalue weighted by Gasteiger charge is 2.15. The van der Waals surface area contributed by atoms with E-state index in [-0.39, 0.29) is 0 Å². The Morgan fingerprint density at radius 1 is 1.00 bits per heavy atom. The summed E-state index contributed by atoms with van der Waals surface area (Å²) in [6.07, 6.45) is 0. The lowest BCUT2D eigenvalue weighted by molar-refractivity contribution is 0.415. The SMILES string of the molecule is COc1cccc(N(C)Cc2ccc([Si](C)(C)C)cc2)c1. The number of nitrogens with zero attached hydrogens (tertiary/aromatic N) is 1. The Kier molecular flexibility index (Phi) is 4.73. The zero-order valence-corrected chi connectivity index (χ0v) is 14.7. The summed E-state index contributed by atoms with van der Waals surface area (Å²) in [6.45, 7) is 8.04. The topological polar surface area (TPSA) is 12.5 Å². The molecule has 21 heavy (non-hydrogen) atoms. The van der Waals surface area contributed by atoms with Crippen LogP contribution in [0.5, 0.6) is 5.75 Å². The molecule has 0 saturated carbocycles. The van der Waals surface area contributed by atoms with Crippen LogP contribution in [0, 0.1) is 0 Å². The summed E-state index contributed by atoms with van der Waals surface area (Å²) in [5.74, 6) is 0.897. The summed E-state index contributed by atoms with van der Waals surface area (Å²) in [5.41, 5.74) is 2.51. The molecule has 0 aliphatic carbocycles. The van der Waals surface area contributed by atoms with Gasteiger partial charge in [0.2, 0.25) is 0 Å². The Hall–Kier alpha value is -1.74. The first-order valence-corrected chi connectivity index (χ1v) is 10.8. The van der Waals surface area contributed by atoms with Gasteiger partial charge in [0.25, 0.3) is 0 Å². The first-order chi connectivity index (χ1) is 9.90. The van der Waals surface area contributed by atoms with Gasteiger partial charge >= 0.3 is 0 Å². The molecule has 0 saturated heterocycles. The van der Waals surface area contributed by atoms with Crippen molar-refractivity contribution in [3.63, 3.8) is 0 Å². The molecule has 2 nitrogen and oxygen atoms in total. The standard InChI is InChI=1S/C18H25NOSi/c1-19(16-7-6-8-17(13-16)20-2)14-15-9-11-18(12-10-15)21(3,4)5/h6-13H,14H2,1-5H3. The van der Waals surface area contributed by atoms with Crippen molar-refractivity contribution in [1.82, 2.24) is 0 Å². The number of ether oxygens (including phenoxy) is 1. The number of anilines is 1.